The van der Waals surface area contributed by atoms with E-state index in [-0.39, 0.29) is 11.9 Å². The fourth-order valence-corrected chi connectivity index (χ4v) is 4.16. The summed E-state index contributed by atoms with van der Waals surface area (Å²) in [5, 5.41) is 0. The Morgan fingerprint density at radius 2 is 1.79 bits per heavy atom. The maximum atomic E-state index is 13.2. The standard InChI is InChI=1S/C22H29N5O2/c1-15(2)10-12-26-20(28)18-19(24(4)22(26)29)23-21-25(16(3)14-27(18)21)13-11-17-8-6-5-7-9-17/h5-9,14-15,18-19H,10-13H2,1-4H3. The molecule has 7 nitrogen and oxygen atoms in total. The number of urea groups is 1. The molecule has 1 aromatic rings. The van der Waals surface area contributed by atoms with Crippen LogP contribution < -0.4 is 0 Å². The van der Waals surface area contributed by atoms with Crippen LogP contribution in [-0.4, -0.2) is 69.8 Å². The summed E-state index contributed by atoms with van der Waals surface area (Å²) < 4.78 is 0. The number of allylic oxidation sites excluding steroid dienone is 1. The van der Waals surface area contributed by atoms with E-state index in [0.717, 1.165) is 31.0 Å². The number of imide groups is 1. The van der Waals surface area contributed by atoms with E-state index in [9.17, 15) is 9.59 Å². The Hall–Kier alpha value is -2.83. The molecule has 0 N–H and O–H groups in total. The van der Waals surface area contributed by atoms with Crippen LogP contribution in [0.1, 0.15) is 32.8 Å². The molecule has 154 valence electrons. The largest absolute Gasteiger partial charge is 0.328 e. The zero-order chi connectivity index (χ0) is 20.7. The van der Waals surface area contributed by atoms with Crippen molar-refractivity contribution in [2.75, 3.05) is 20.1 Å². The van der Waals surface area contributed by atoms with E-state index >= 15 is 0 Å². The van der Waals surface area contributed by atoms with E-state index in [1.54, 1.807) is 11.9 Å². The van der Waals surface area contributed by atoms with Gasteiger partial charge in [-0.3, -0.25) is 9.69 Å². The van der Waals surface area contributed by atoms with Crippen molar-refractivity contribution in [3.8, 4) is 0 Å². The zero-order valence-electron chi connectivity index (χ0n) is 17.6. The predicted molar refractivity (Wildman–Crippen MR) is 112 cm³/mol. The van der Waals surface area contributed by atoms with Gasteiger partial charge in [0.1, 0.15) is 0 Å². The lowest BCUT2D eigenvalue weighted by molar-refractivity contribution is -0.136. The quantitative estimate of drug-likeness (QED) is 0.743. The van der Waals surface area contributed by atoms with E-state index in [1.807, 2.05) is 36.2 Å². The number of fused-ring (bicyclic) bond motifs is 3. The van der Waals surface area contributed by atoms with Crippen LogP contribution in [-0.2, 0) is 11.2 Å². The van der Waals surface area contributed by atoms with Gasteiger partial charge in [-0.05, 0) is 31.2 Å². The first-order chi connectivity index (χ1) is 13.9. The molecular formula is C22H29N5O2. The van der Waals surface area contributed by atoms with Crippen LogP contribution >= 0.6 is 0 Å². The van der Waals surface area contributed by atoms with Gasteiger partial charge in [0.15, 0.2) is 12.2 Å². The van der Waals surface area contributed by atoms with Gasteiger partial charge in [-0.15, -0.1) is 0 Å². The van der Waals surface area contributed by atoms with Gasteiger partial charge >= 0.3 is 6.03 Å². The van der Waals surface area contributed by atoms with E-state index in [2.05, 4.69) is 30.9 Å². The molecule has 7 heteroatoms. The Morgan fingerprint density at radius 3 is 2.48 bits per heavy atom. The summed E-state index contributed by atoms with van der Waals surface area (Å²) in [6.07, 6.45) is 3.21. The van der Waals surface area contributed by atoms with Gasteiger partial charge in [-0.25, -0.2) is 9.79 Å². The lowest BCUT2D eigenvalue weighted by atomic mass is 10.1. The lowest BCUT2D eigenvalue weighted by Crippen LogP contribution is -2.64. The molecule has 2 atom stereocenters. The van der Waals surface area contributed by atoms with Crippen molar-refractivity contribution in [2.45, 2.75) is 45.8 Å². The monoisotopic (exact) mass is 395 g/mol. The first kappa shape index (κ1) is 19.5. The second-order valence-electron chi connectivity index (χ2n) is 8.42. The van der Waals surface area contributed by atoms with Crippen LogP contribution in [0.2, 0.25) is 0 Å². The molecule has 3 aliphatic rings. The van der Waals surface area contributed by atoms with Crippen molar-refractivity contribution in [3.63, 3.8) is 0 Å². The molecule has 3 amide bonds. The van der Waals surface area contributed by atoms with Gasteiger partial charge in [0.2, 0.25) is 5.96 Å². The minimum atomic E-state index is -0.475. The summed E-state index contributed by atoms with van der Waals surface area (Å²) in [6.45, 7) is 7.47. The minimum Gasteiger partial charge on any atom is -0.314 e. The molecule has 4 rings (SSSR count). The number of guanidine groups is 1. The van der Waals surface area contributed by atoms with Crippen LogP contribution in [0.5, 0.6) is 0 Å². The van der Waals surface area contributed by atoms with Gasteiger partial charge in [0.25, 0.3) is 5.91 Å². The average molecular weight is 396 g/mol. The number of hydrogen-bond donors (Lipinski definition) is 0. The first-order valence-corrected chi connectivity index (χ1v) is 10.3. The molecule has 1 aromatic carbocycles. The second-order valence-corrected chi connectivity index (χ2v) is 8.42. The minimum absolute atomic E-state index is 0.147. The second kappa shape index (κ2) is 7.54. The predicted octanol–water partition coefficient (Wildman–Crippen LogP) is 2.71. The zero-order valence-corrected chi connectivity index (χ0v) is 17.6. The van der Waals surface area contributed by atoms with Crippen molar-refractivity contribution in [1.82, 2.24) is 19.6 Å². The summed E-state index contributed by atoms with van der Waals surface area (Å²) in [5.74, 6) is 1.05. The highest BCUT2D eigenvalue weighted by atomic mass is 16.2. The lowest BCUT2D eigenvalue weighted by Gasteiger charge is -2.40. The normalized spacial score (nSPS) is 23.6. The Morgan fingerprint density at radius 1 is 1.07 bits per heavy atom. The van der Waals surface area contributed by atoms with Crippen LogP contribution in [0.4, 0.5) is 4.79 Å². The molecular weight excluding hydrogens is 366 g/mol. The van der Waals surface area contributed by atoms with Gasteiger partial charge in [-0.2, -0.15) is 0 Å². The molecule has 0 bridgehead atoms. The van der Waals surface area contributed by atoms with E-state index in [1.165, 1.54) is 10.5 Å². The summed E-state index contributed by atoms with van der Waals surface area (Å²) in [5.41, 5.74) is 2.33. The molecule has 0 saturated carbocycles. The van der Waals surface area contributed by atoms with E-state index in [4.69, 9.17) is 4.99 Å². The molecule has 29 heavy (non-hydrogen) atoms. The van der Waals surface area contributed by atoms with Gasteiger partial charge in [0, 0.05) is 32.0 Å². The maximum Gasteiger partial charge on any atom is 0.328 e. The van der Waals surface area contributed by atoms with Crippen LogP contribution in [0, 0.1) is 5.92 Å². The Kier molecular flexibility index (Phi) is 5.06. The average Bonchev–Trinajstić information content (AvgIpc) is 3.20. The smallest absolute Gasteiger partial charge is 0.314 e. The highest BCUT2D eigenvalue weighted by Crippen LogP contribution is 2.34. The number of aliphatic imine (C=N–C) groups is 1. The van der Waals surface area contributed by atoms with Gasteiger partial charge < -0.3 is 14.7 Å². The van der Waals surface area contributed by atoms with Crippen molar-refractivity contribution in [1.29, 1.82) is 0 Å². The fraction of sp³-hybridized carbons (Fsp3) is 0.500. The number of rotatable bonds is 6. The van der Waals surface area contributed by atoms with Crippen LogP contribution in [0.3, 0.4) is 0 Å². The van der Waals surface area contributed by atoms with E-state index < -0.39 is 12.2 Å². The number of carbonyl (C=O) groups is 2. The summed E-state index contributed by atoms with van der Waals surface area (Å²) >= 11 is 0. The molecule has 1 fully saturated rings. The highest BCUT2D eigenvalue weighted by Gasteiger charge is 2.54. The third-order valence-corrected chi connectivity index (χ3v) is 5.90. The van der Waals surface area contributed by atoms with Crippen molar-refractivity contribution in [3.05, 3.63) is 47.8 Å². The third-order valence-electron chi connectivity index (χ3n) is 5.90. The topological polar surface area (TPSA) is 59.5 Å². The van der Waals surface area contributed by atoms with Crippen LogP contribution in [0.15, 0.2) is 47.2 Å². The van der Waals surface area contributed by atoms with Crippen LogP contribution in [0.25, 0.3) is 0 Å². The summed E-state index contributed by atoms with van der Waals surface area (Å²) in [6, 6.07) is 9.61. The van der Waals surface area contributed by atoms with Crippen molar-refractivity contribution in [2.24, 2.45) is 10.9 Å². The Balaban J connectivity index is 1.53. The number of nitrogens with zero attached hydrogens (tertiary/aromatic N) is 5. The highest BCUT2D eigenvalue weighted by molar-refractivity contribution is 6.04. The summed E-state index contributed by atoms with van der Waals surface area (Å²) in [7, 11) is 1.74. The maximum absolute atomic E-state index is 13.2. The molecule has 1 saturated heterocycles. The third kappa shape index (κ3) is 3.39. The van der Waals surface area contributed by atoms with Crippen molar-refractivity contribution >= 4 is 17.9 Å². The van der Waals surface area contributed by atoms with Gasteiger partial charge in [-0.1, -0.05) is 44.2 Å². The molecule has 0 aromatic heterocycles. The van der Waals surface area contributed by atoms with Gasteiger partial charge in [0.05, 0.1) is 0 Å². The molecule has 0 spiro atoms. The SMILES string of the molecule is CC1=CN2C(=NC3C2C(=O)N(CCC(C)C)C(=O)N3C)N1CCc1ccccc1. The number of likely N-dealkylation sites (N-methyl/N-ethyl adjacent to an activating group) is 1. The Bertz CT molecular complexity index is 863. The summed E-state index contributed by atoms with van der Waals surface area (Å²) in [4.78, 5) is 37.9. The fourth-order valence-electron chi connectivity index (χ4n) is 4.16. The molecule has 3 aliphatic heterocycles. The Labute approximate surface area is 172 Å². The molecule has 3 heterocycles. The number of hydrogen-bond acceptors (Lipinski definition) is 5. The number of carbonyl (C=O) groups excluding carboxylic acids is 2. The molecule has 0 aliphatic carbocycles. The molecule has 0 radical (unpaired) electrons. The first-order valence-electron chi connectivity index (χ1n) is 10.3. The van der Waals surface area contributed by atoms with Crippen molar-refractivity contribution < 1.29 is 9.59 Å². The molecule has 2 unspecified atom stereocenters. The number of amides is 3. The number of benzene rings is 1. The van der Waals surface area contributed by atoms with E-state index in [0.29, 0.717) is 12.5 Å².